The van der Waals surface area contributed by atoms with Crippen LogP contribution in [0.25, 0.3) is 0 Å². The number of anilines is 1. The normalized spacial score (nSPS) is 21.0. The fraction of sp³-hybridized carbons (Fsp3) is 0.583. The van der Waals surface area contributed by atoms with Crippen LogP contribution in [0.5, 0.6) is 5.88 Å². The van der Waals surface area contributed by atoms with Crippen molar-refractivity contribution >= 4 is 5.82 Å². The number of aromatic nitrogens is 1. The predicted molar refractivity (Wildman–Crippen MR) is 64.9 cm³/mol. The summed E-state index contributed by atoms with van der Waals surface area (Å²) in [6, 6.07) is 6.35. The van der Waals surface area contributed by atoms with Gasteiger partial charge in [0.25, 0.3) is 0 Å². The van der Waals surface area contributed by atoms with Gasteiger partial charge in [-0.1, -0.05) is 6.07 Å². The van der Waals surface area contributed by atoms with Crippen molar-refractivity contribution in [2.75, 3.05) is 32.1 Å². The summed E-state index contributed by atoms with van der Waals surface area (Å²) in [6.45, 7) is 4.86. The standard InChI is InChI=1S/C12H19N3O/c1-3-16-12-6-4-5-11(14-12)13-10-7-8-15(2)9-10/h4-6,10H,3,7-9H2,1-2H3,(H,13,14). The molecule has 0 aromatic carbocycles. The minimum Gasteiger partial charge on any atom is -0.478 e. The van der Waals surface area contributed by atoms with Crippen molar-refractivity contribution in [1.29, 1.82) is 0 Å². The number of likely N-dealkylation sites (tertiary alicyclic amines) is 1. The maximum atomic E-state index is 5.37. The lowest BCUT2D eigenvalue weighted by Gasteiger charge is -2.14. The van der Waals surface area contributed by atoms with E-state index in [0.717, 1.165) is 18.9 Å². The molecule has 0 radical (unpaired) electrons. The minimum atomic E-state index is 0.509. The van der Waals surface area contributed by atoms with Crippen LogP contribution in [-0.4, -0.2) is 42.7 Å². The Hall–Kier alpha value is -1.29. The molecule has 1 N–H and O–H groups in total. The van der Waals surface area contributed by atoms with Gasteiger partial charge < -0.3 is 15.0 Å². The summed E-state index contributed by atoms with van der Waals surface area (Å²) in [5.74, 6) is 1.60. The summed E-state index contributed by atoms with van der Waals surface area (Å²) in [7, 11) is 2.14. The summed E-state index contributed by atoms with van der Waals surface area (Å²) in [5, 5.41) is 3.44. The number of nitrogens with one attached hydrogen (secondary N) is 1. The summed E-state index contributed by atoms with van der Waals surface area (Å²) in [4.78, 5) is 6.72. The van der Waals surface area contributed by atoms with E-state index in [-0.39, 0.29) is 0 Å². The number of pyridine rings is 1. The molecule has 4 nitrogen and oxygen atoms in total. The molecule has 88 valence electrons. The number of hydrogen-bond acceptors (Lipinski definition) is 4. The summed E-state index contributed by atoms with van der Waals surface area (Å²) >= 11 is 0. The first-order valence-corrected chi connectivity index (χ1v) is 5.83. The Labute approximate surface area is 96.6 Å². The Kier molecular flexibility index (Phi) is 3.62. The Morgan fingerprint density at radius 3 is 3.12 bits per heavy atom. The summed E-state index contributed by atoms with van der Waals surface area (Å²) in [5.41, 5.74) is 0. The van der Waals surface area contributed by atoms with Crippen LogP contribution in [0.2, 0.25) is 0 Å². The molecule has 1 saturated heterocycles. The van der Waals surface area contributed by atoms with Gasteiger partial charge in [0.1, 0.15) is 5.82 Å². The molecule has 16 heavy (non-hydrogen) atoms. The fourth-order valence-corrected chi connectivity index (χ4v) is 1.99. The second kappa shape index (κ2) is 5.16. The number of hydrogen-bond donors (Lipinski definition) is 1. The van der Waals surface area contributed by atoms with E-state index in [1.165, 1.54) is 6.42 Å². The zero-order valence-corrected chi connectivity index (χ0v) is 9.94. The molecule has 4 heteroatoms. The van der Waals surface area contributed by atoms with Crippen LogP contribution in [0.1, 0.15) is 13.3 Å². The van der Waals surface area contributed by atoms with E-state index in [9.17, 15) is 0 Å². The first kappa shape index (κ1) is 11.2. The van der Waals surface area contributed by atoms with Crippen LogP contribution >= 0.6 is 0 Å². The maximum absolute atomic E-state index is 5.37. The molecular formula is C12H19N3O. The smallest absolute Gasteiger partial charge is 0.215 e. The molecule has 0 spiro atoms. The average molecular weight is 221 g/mol. The van der Waals surface area contributed by atoms with Crippen LogP contribution in [-0.2, 0) is 0 Å². The second-order valence-corrected chi connectivity index (χ2v) is 4.19. The van der Waals surface area contributed by atoms with Crippen LogP contribution in [0.15, 0.2) is 18.2 Å². The largest absolute Gasteiger partial charge is 0.478 e. The van der Waals surface area contributed by atoms with Crippen molar-refractivity contribution in [3.63, 3.8) is 0 Å². The highest BCUT2D eigenvalue weighted by atomic mass is 16.5. The Morgan fingerprint density at radius 1 is 1.56 bits per heavy atom. The number of nitrogens with zero attached hydrogens (tertiary/aromatic N) is 2. The Bertz CT molecular complexity index is 343. The Morgan fingerprint density at radius 2 is 2.44 bits per heavy atom. The molecule has 1 fully saturated rings. The molecule has 0 aliphatic carbocycles. The Balaban J connectivity index is 1.95. The van der Waals surface area contributed by atoms with Crippen molar-refractivity contribution in [1.82, 2.24) is 9.88 Å². The van der Waals surface area contributed by atoms with Crippen LogP contribution in [0, 0.1) is 0 Å². The first-order valence-electron chi connectivity index (χ1n) is 5.83. The molecule has 1 unspecified atom stereocenters. The molecule has 0 bridgehead atoms. The molecule has 0 saturated carbocycles. The van der Waals surface area contributed by atoms with E-state index in [2.05, 4.69) is 22.2 Å². The van der Waals surface area contributed by atoms with Gasteiger partial charge in [0.05, 0.1) is 6.61 Å². The molecule has 2 heterocycles. The quantitative estimate of drug-likeness (QED) is 0.838. The van der Waals surface area contributed by atoms with E-state index < -0.39 is 0 Å². The molecule has 1 atom stereocenters. The zero-order chi connectivity index (χ0) is 11.4. The van der Waals surface area contributed by atoms with Crippen LogP contribution in [0.4, 0.5) is 5.82 Å². The minimum absolute atomic E-state index is 0.509. The van der Waals surface area contributed by atoms with Crippen LogP contribution < -0.4 is 10.1 Å². The molecular weight excluding hydrogens is 202 g/mol. The van der Waals surface area contributed by atoms with Gasteiger partial charge in [-0.3, -0.25) is 0 Å². The van der Waals surface area contributed by atoms with Crippen molar-refractivity contribution in [2.45, 2.75) is 19.4 Å². The van der Waals surface area contributed by atoms with Crippen molar-refractivity contribution in [3.05, 3.63) is 18.2 Å². The van der Waals surface area contributed by atoms with Gasteiger partial charge in [0.15, 0.2) is 0 Å². The molecule has 1 aromatic heterocycles. The van der Waals surface area contributed by atoms with Gasteiger partial charge in [-0.25, -0.2) is 0 Å². The van der Waals surface area contributed by atoms with Gasteiger partial charge >= 0.3 is 0 Å². The molecule has 1 aromatic rings. The van der Waals surface area contributed by atoms with Gasteiger partial charge in [-0.05, 0) is 33.0 Å². The molecule has 1 aliphatic rings. The van der Waals surface area contributed by atoms with Crippen LogP contribution in [0.3, 0.4) is 0 Å². The lowest BCUT2D eigenvalue weighted by molar-refractivity contribution is 0.327. The summed E-state index contributed by atoms with van der Waals surface area (Å²) in [6.07, 6.45) is 1.18. The summed E-state index contributed by atoms with van der Waals surface area (Å²) < 4.78 is 5.37. The van der Waals surface area contributed by atoms with Crippen molar-refractivity contribution < 1.29 is 4.74 Å². The van der Waals surface area contributed by atoms with Crippen molar-refractivity contribution in [2.24, 2.45) is 0 Å². The number of ether oxygens (including phenoxy) is 1. The zero-order valence-electron chi connectivity index (χ0n) is 9.94. The van der Waals surface area contributed by atoms with Crippen molar-refractivity contribution in [3.8, 4) is 5.88 Å². The highest BCUT2D eigenvalue weighted by Crippen LogP contribution is 2.15. The lowest BCUT2D eigenvalue weighted by atomic mass is 10.2. The lowest BCUT2D eigenvalue weighted by Crippen LogP contribution is -2.23. The average Bonchev–Trinajstić information content (AvgIpc) is 2.65. The third kappa shape index (κ3) is 2.85. The van der Waals surface area contributed by atoms with E-state index in [1.807, 2.05) is 25.1 Å². The highest BCUT2D eigenvalue weighted by molar-refractivity contribution is 5.38. The second-order valence-electron chi connectivity index (χ2n) is 4.19. The van der Waals surface area contributed by atoms with Gasteiger partial charge in [0, 0.05) is 18.7 Å². The number of likely N-dealkylation sites (N-methyl/N-ethyl adjacent to an activating group) is 1. The van der Waals surface area contributed by atoms with E-state index in [0.29, 0.717) is 18.5 Å². The molecule has 0 amide bonds. The molecule has 1 aliphatic heterocycles. The first-order chi connectivity index (χ1) is 7.78. The van der Waals surface area contributed by atoms with Gasteiger partial charge in [-0.15, -0.1) is 0 Å². The maximum Gasteiger partial charge on any atom is 0.215 e. The highest BCUT2D eigenvalue weighted by Gasteiger charge is 2.19. The van der Waals surface area contributed by atoms with E-state index in [4.69, 9.17) is 4.74 Å². The van der Waals surface area contributed by atoms with E-state index in [1.54, 1.807) is 0 Å². The fourth-order valence-electron chi connectivity index (χ4n) is 1.99. The third-order valence-corrected chi connectivity index (χ3v) is 2.76. The van der Waals surface area contributed by atoms with Gasteiger partial charge in [-0.2, -0.15) is 4.98 Å². The number of rotatable bonds is 4. The predicted octanol–water partition coefficient (Wildman–Crippen LogP) is 1.60. The third-order valence-electron chi connectivity index (χ3n) is 2.76. The molecule has 2 rings (SSSR count). The SMILES string of the molecule is CCOc1cccc(NC2CCN(C)C2)n1. The topological polar surface area (TPSA) is 37.4 Å². The van der Waals surface area contributed by atoms with E-state index >= 15 is 0 Å². The van der Waals surface area contributed by atoms with Gasteiger partial charge in [0.2, 0.25) is 5.88 Å². The monoisotopic (exact) mass is 221 g/mol.